The molecule has 0 spiro atoms. The van der Waals surface area contributed by atoms with Gasteiger partial charge in [-0.15, -0.1) is 0 Å². The molecule has 2 saturated heterocycles. The summed E-state index contributed by atoms with van der Waals surface area (Å²) in [6, 6.07) is 9.11. The van der Waals surface area contributed by atoms with Crippen molar-refractivity contribution in [3.63, 3.8) is 0 Å². The van der Waals surface area contributed by atoms with Gasteiger partial charge in [0.05, 0.1) is 23.8 Å². The summed E-state index contributed by atoms with van der Waals surface area (Å²) in [6.07, 6.45) is 2.20. The molecule has 0 saturated carbocycles. The van der Waals surface area contributed by atoms with E-state index in [1.165, 1.54) is 4.90 Å². The Hall–Kier alpha value is -1.68. The molecular formula is C15H17NO3. The number of amides is 2. The zero-order chi connectivity index (χ0) is 13.4. The van der Waals surface area contributed by atoms with Crippen LogP contribution >= 0.6 is 0 Å². The van der Waals surface area contributed by atoms with E-state index in [2.05, 4.69) is 0 Å². The highest BCUT2D eigenvalue weighted by Gasteiger charge is 2.45. The van der Waals surface area contributed by atoms with Crippen molar-refractivity contribution in [3.05, 3.63) is 30.3 Å². The molecule has 3 rings (SSSR count). The minimum Gasteiger partial charge on any atom is -0.374 e. The Bertz CT molecular complexity index is 499. The van der Waals surface area contributed by atoms with Crippen LogP contribution in [0.4, 0.5) is 5.69 Å². The van der Waals surface area contributed by atoms with Crippen LogP contribution in [0.2, 0.25) is 0 Å². The molecule has 0 aromatic heterocycles. The number of carbonyl (C=O) groups is 2. The third-order valence-corrected chi connectivity index (χ3v) is 3.91. The van der Waals surface area contributed by atoms with E-state index in [0.717, 1.165) is 12.8 Å². The summed E-state index contributed by atoms with van der Waals surface area (Å²) in [5, 5.41) is 0. The van der Waals surface area contributed by atoms with E-state index in [-0.39, 0.29) is 36.4 Å². The summed E-state index contributed by atoms with van der Waals surface area (Å²) in [5.74, 6) is -0.544. The van der Waals surface area contributed by atoms with Crippen molar-refractivity contribution >= 4 is 17.5 Å². The smallest absolute Gasteiger partial charge is 0.240 e. The molecule has 0 aliphatic carbocycles. The molecule has 0 N–H and O–H groups in total. The number of imide groups is 1. The number of carbonyl (C=O) groups excluding carboxylic acids is 2. The minimum atomic E-state index is -0.308. The average molecular weight is 259 g/mol. The molecule has 2 aliphatic heterocycles. The van der Waals surface area contributed by atoms with E-state index >= 15 is 0 Å². The number of nitrogens with zero attached hydrogens (tertiary/aromatic N) is 1. The highest BCUT2D eigenvalue weighted by Crippen LogP contribution is 2.34. The van der Waals surface area contributed by atoms with E-state index in [0.29, 0.717) is 5.69 Å². The Morgan fingerprint density at radius 1 is 1.16 bits per heavy atom. The highest BCUT2D eigenvalue weighted by atomic mass is 16.5. The third kappa shape index (κ3) is 2.16. The van der Waals surface area contributed by atoms with E-state index in [1.807, 2.05) is 25.1 Å². The normalized spacial score (nSPS) is 31.2. The summed E-state index contributed by atoms with van der Waals surface area (Å²) in [7, 11) is 0. The average Bonchev–Trinajstić information content (AvgIpc) is 2.95. The van der Waals surface area contributed by atoms with Crippen LogP contribution in [0.1, 0.15) is 26.2 Å². The highest BCUT2D eigenvalue weighted by molar-refractivity contribution is 6.21. The summed E-state index contributed by atoms with van der Waals surface area (Å²) in [5.41, 5.74) is 0.658. The van der Waals surface area contributed by atoms with Crippen LogP contribution in [0.3, 0.4) is 0 Å². The number of rotatable bonds is 2. The molecule has 1 aromatic carbocycles. The lowest BCUT2D eigenvalue weighted by Gasteiger charge is -2.18. The molecule has 0 bridgehead atoms. The first-order chi connectivity index (χ1) is 9.16. The van der Waals surface area contributed by atoms with Gasteiger partial charge in [0, 0.05) is 6.42 Å². The molecule has 2 aliphatic rings. The van der Waals surface area contributed by atoms with Gasteiger partial charge in [-0.1, -0.05) is 18.2 Å². The van der Waals surface area contributed by atoms with Gasteiger partial charge in [0.25, 0.3) is 0 Å². The minimum absolute atomic E-state index is 0.0971. The molecule has 2 amide bonds. The van der Waals surface area contributed by atoms with Crippen LogP contribution in [-0.4, -0.2) is 24.0 Å². The largest absolute Gasteiger partial charge is 0.374 e. The molecule has 2 heterocycles. The number of hydrogen-bond acceptors (Lipinski definition) is 3. The number of para-hydroxylation sites is 1. The lowest BCUT2D eigenvalue weighted by atomic mass is 9.98. The topological polar surface area (TPSA) is 46.6 Å². The Morgan fingerprint density at radius 3 is 2.53 bits per heavy atom. The summed E-state index contributed by atoms with van der Waals surface area (Å²) >= 11 is 0. The molecular weight excluding hydrogens is 242 g/mol. The fourth-order valence-corrected chi connectivity index (χ4v) is 2.92. The maximum atomic E-state index is 12.4. The maximum Gasteiger partial charge on any atom is 0.240 e. The Kier molecular flexibility index (Phi) is 3.11. The molecule has 1 aromatic rings. The van der Waals surface area contributed by atoms with Crippen LogP contribution in [0.25, 0.3) is 0 Å². The number of anilines is 1. The van der Waals surface area contributed by atoms with Gasteiger partial charge < -0.3 is 4.74 Å². The molecule has 3 atom stereocenters. The monoisotopic (exact) mass is 259 g/mol. The second-order valence-electron chi connectivity index (χ2n) is 5.28. The molecule has 4 heteroatoms. The maximum absolute atomic E-state index is 12.4. The van der Waals surface area contributed by atoms with Crippen LogP contribution in [0, 0.1) is 5.92 Å². The van der Waals surface area contributed by atoms with Gasteiger partial charge in [0.15, 0.2) is 0 Å². The number of hydrogen-bond donors (Lipinski definition) is 0. The zero-order valence-electron chi connectivity index (χ0n) is 10.9. The predicted octanol–water partition coefficient (Wildman–Crippen LogP) is 2.13. The first-order valence-corrected chi connectivity index (χ1v) is 6.74. The number of ether oxygens (including phenoxy) is 1. The van der Waals surface area contributed by atoms with E-state index < -0.39 is 0 Å². The first kappa shape index (κ1) is 12.4. The van der Waals surface area contributed by atoms with Crippen molar-refractivity contribution in [3.8, 4) is 0 Å². The van der Waals surface area contributed by atoms with Crippen molar-refractivity contribution < 1.29 is 14.3 Å². The van der Waals surface area contributed by atoms with Crippen LogP contribution in [-0.2, 0) is 14.3 Å². The van der Waals surface area contributed by atoms with Crippen molar-refractivity contribution in [1.29, 1.82) is 0 Å². The summed E-state index contributed by atoms with van der Waals surface area (Å²) in [4.78, 5) is 25.8. The van der Waals surface area contributed by atoms with Gasteiger partial charge in [-0.25, -0.2) is 0 Å². The Balaban J connectivity index is 1.82. The van der Waals surface area contributed by atoms with E-state index in [1.54, 1.807) is 12.1 Å². The molecule has 100 valence electrons. The second kappa shape index (κ2) is 4.78. The Labute approximate surface area is 112 Å². The second-order valence-corrected chi connectivity index (χ2v) is 5.28. The first-order valence-electron chi connectivity index (χ1n) is 6.74. The quantitative estimate of drug-likeness (QED) is 0.764. The standard InChI is InChI=1S/C15H17NO3/c1-10-7-8-13(19-10)12-9-14(17)16(15(12)18)11-5-3-2-4-6-11/h2-6,10,12-13H,7-9H2,1H3. The fourth-order valence-electron chi connectivity index (χ4n) is 2.92. The zero-order valence-corrected chi connectivity index (χ0v) is 10.9. The van der Waals surface area contributed by atoms with E-state index in [4.69, 9.17) is 4.74 Å². The molecule has 0 radical (unpaired) electrons. The SMILES string of the molecule is CC1CCC(C2CC(=O)N(c3ccccc3)C2=O)O1. The number of benzene rings is 1. The van der Waals surface area contributed by atoms with Crippen LogP contribution in [0.15, 0.2) is 30.3 Å². The third-order valence-electron chi connectivity index (χ3n) is 3.91. The molecule has 2 fully saturated rings. The summed E-state index contributed by atoms with van der Waals surface area (Å²) in [6.45, 7) is 2.01. The molecule has 4 nitrogen and oxygen atoms in total. The van der Waals surface area contributed by atoms with Gasteiger partial charge >= 0.3 is 0 Å². The molecule has 3 unspecified atom stereocenters. The van der Waals surface area contributed by atoms with Gasteiger partial charge in [0.1, 0.15) is 0 Å². The fraction of sp³-hybridized carbons (Fsp3) is 0.467. The molecule has 19 heavy (non-hydrogen) atoms. The van der Waals surface area contributed by atoms with Crippen LogP contribution < -0.4 is 4.90 Å². The van der Waals surface area contributed by atoms with Gasteiger partial charge in [-0.2, -0.15) is 0 Å². The Morgan fingerprint density at radius 2 is 1.89 bits per heavy atom. The predicted molar refractivity (Wildman–Crippen MR) is 70.6 cm³/mol. The van der Waals surface area contributed by atoms with Crippen molar-refractivity contribution in [2.75, 3.05) is 4.90 Å². The van der Waals surface area contributed by atoms with Crippen molar-refractivity contribution in [2.45, 2.75) is 38.4 Å². The van der Waals surface area contributed by atoms with Gasteiger partial charge in [0.2, 0.25) is 11.8 Å². The van der Waals surface area contributed by atoms with Crippen molar-refractivity contribution in [1.82, 2.24) is 0 Å². The summed E-state index contributed by atoms with van der Waals surface area (Å²) < 4.78 is 5.75. The lowest BCUT2D eigenvalue weighted by Crippen LogP contribution is -2.33. The lowest BCUT2D eigenvalue weighted by molar-refractivity contribution is -0.124. The van der Waals surface area contributed by atoms with Gasteiger partial charge in [-0.05, 0) is 31.9 Å². The van der Waals surface area contributed by atoms with Crippen molar-refractivity contribution in [2.24, 2.45) is 5.92 Å². The van der Waals surface area contributed by atoms with Crippen LogP contribution in [0.5, 0.6) is 0 Å². The van der Waals surface area contributed by atoms with E-state index in [9.17, 15) is 9.59 Å². The van der Waals surface area contributed by atoms with Gasteiger partial charge in [-0.3, -0.25) is 14.5 Å².